The van der Waals surface area contributed by atoms with Crippen molar-refractivity contribution in [1.29, 1.82) is 0 Å². The van der Waals surface area contributed by atoms with E-state index in [4.69, 9.17) is 5.84 Å². The molecule has 0 bridgehead atoms. The smallest absolute Gasteiger partial charge is 0.387 e. The molecule has 0 radical (unpaired) electrons. The lowest BCUT2D eigenvalue weighted by Gasteiger charge is -2.19. The summed E-state index contributed by atoms with van der Waals surface area (Å²) in [7, 11) is 0. The van der Waals surface area contributed by atoms with Crippen LogP contribution < -0.4 is 16.0 Å². The summed E-state index contributed by atoms with van der Waals surface area (Å²) in [5.74, 6) is 5.75. The van der Waals surface area contributed by atoms with Gasteiger partial charge in [-0.25, -0.2) is 0 Å². The van der Waals surface area contributed by atoms with Crippen LogP contribution in [0.3, 0.4) is 0 Å². The predicted octanol–water partition coefficient (Wildman–Crippen LogP) is 4.15. The number of halogens is 2. The van der Waals surface area contributed by atoms with Crippen molar-refractivity contribution in [2.24, 2.45) is 5.84 Å². The third-order valence-electron chi connectivity index (χ3n) is 3.31. The monoisotopic (exact) mass is 286 g/mol. The maximum absolute atomic E-state index is 12.4. The van der Waals surface area contributed by atoms with Crippen LogP contribution in [0, 0.1) is 0 Å². The van der Waals surface area contributed by atoms with Crippen molar-refractivity contribution in [3.63, 3.8) is 0 Å². The first-order chi connectivity index (χ1) is 9.69. The molecule has 3 nitrogen and oxygen atoms in total. The molecule has 0 heterocycles. The number of nitrogens with one attached hydrogen (secondary N) is 1. The van der Waals surface area contributed by atoms with Crippen LogP contribution in [0.25, 0.3) is 0 Å². The first-order valence-electron chi connectivity index (χ1n) is 7.18. The van der Waals surface area contributed by atoms with E-state index in [1.807, 2.05) is 0 Å². The lowest BCUT2D eigenvalue weighted by Crippen LogP contribution is -2.28. The van der Waals surface area contributed by atoms with E-state index in [9.17, 15) is 8.78 Å². The number of unbranched alkanes of at least 4 members (excludes halogenated alkanes) is 4. The Kier molecular flexibility index (Phi) is 8.14. The second-order valence-corrected chi connectivity index (χ2v) is 4.84. The van der Waals surface area contributed by atoms with Gasteiger partial charge in [-0.1, -0.05) is 57.2 Å². The number of para-hydroxylation sites is 1. The van der Waals surface area contributed by atoms with Gasteiger partial charge in [0.25, 0.3) is 0 Å². The van der Waals surface area contributed by atoms with Crippen LogP contribution in [-0.2, 0) is 0 Å². The quantitative estimate of drug-likeness (QED) is 0.386. The van der Waals surface area contributed by atoms with Crippen molar-refractivity contribution < 1.29 is 13.5 Å². The minimum atomic E-state index is -2.82. The van der Waals surface area contributed by atoms with Gasteiger partial charge in [-0.3, -0.25) is 11.3 Å². The van der Waals surface area contributed by atoms with Crippen molar-refractivity contribution in [2.45, 2.75) is 58.1 Å². The summed E-state index contributed by atoms with van der Waals surface area (Å²) < 4.78 is 29.3. The minimum absolute atomic E-state index is 0.161. The highest BCUT2D eigenvalue weighted by atomic mass is 19.3. The van der Waals surface area contributed by atoms with E-state index in [-0.39, 0.29) is 11.8 Å². The Bertz CT molecular complexity index is 375. The highest BCUT2D eigenvalue weighted by Gasteiger charge is 2.16. The average Bonchev–Trinajstić information content (AvgIpc) is 2.43. The van der Waals surface area contributed by atoms with Crippen LogP contribution in [0.1, 0.15) is 57.1 Å². The van der Waals surface area contributed by atoms with Gasteiger partial charge in [0, 0.05) is 11.6 Å². The normalized spacial score (nSPS) is 12.7. The van der Waals surface area contributed by atoms with Crippen molar-refractivity contribution in [3.05, 3.63) is 29.8 Å². The van der Waals surface area contributed by atoms with Crippen molar-refractivity contribution in [3.8, 4) is 5.75 Å². The fourth-order valence-electron chi connectivity index (χ4n) is 2.25. The maximum Gasteiger partial charge on any atom is 0.387 e. The Balaban J connectivity index is 2.59. The summed E-state index contributed by atoms with van der Waals surface area (Å²) >= 11 is 0. The Morgan fingerprint density at radius 2 is 1.85 bits per heavy atom. The first-order valence-corrected chi connectivity index (χ1v) is 7.18. The van der Waals surface area contributed by atoms with Gasteiger partial charge >= 0.3 is 6.61 Å². The Morgan fingerprint density at radius 1 is 1.15 bits per heavy atom. The molecule has 0 aliphatic carbocycles. The maximum atomic E-state index is 12.4. The molecule has 0 saturated heterocycles. The van der Waals surface area contributed by atoms with E-state index in [2.05, 4.69) is 17.1 Å². The summed E-state index contributed by atoms with van der Waals surface area (Å²) in [6.45, 7) is -0.651. The van der Waals surface area contributed by atoms with E-state index in [0.29, 0.717) is 5.56 Å². The number of nitrogens with two attached hydrogens (primary N) is 1. The molecule has 5 heteroatoms. The van der Waals surface area contributed by atoms with E-state index < -0.39 is 6.61 Å². The number of hydrogen-bond donors (Lipinski definition) is 2. The first kappa shape index (κ1) is 16.9. The molecule has 0 fully saturated rings. The van der Waals surface area contributed by atoms with Gasteiger partial charge in [0.1, 0.15) is 5.75 Å². The molecule has 0 spiro atoms. The van der Waals surface area contributed by atoms with Crippen LogP contribution in [0.2, 0.25) is 0 Å². The van der Waals surface area contributed by atoms with E-state index >= 15 is 0 Å². The molecule has 3 N–H and O–H groups in total. The Hall–Kier alpha value is -1.20. The van der Waals surface area contributed by atoms with Gasteiger partial charge in [0.2, 0.25) is 0 Å². The van der Waals surface area contributed by atoms with Crippen molar-refractivity contribution >= 4 is 0 Å². The standard InChI is InChI=1S/C15H24F2N2O/c1-2-3-4-5-6-10-13(19-18)12-9-7-8-11-14(12)20-15(16)17/h7-9,11,13,15,19H,2-6,10,18H2,1H3. The fourth-order valence-corrected chi connectivity index (χ4v) is 2.25. The zero-order valence-electron chi connectivity index (χ0n) is 11.9. The molecule has 0 saturated carbocycles. The summed E-state index contributed by atoms with van der Waals surface area (Å²) in [6.07, 6.45) is 6.57. The molecule has 20 heavy (non-hydrogen) atoms. The summed E-state index contributed by atoms with van der Waals surface area (Å²) in [4.78, 5) is 0. The van der Waals surface area contributed by atoms with Gasteiger partial charge in [-0.15, -0.1) is 0 Å². The average molecular weight is 286 g/mol. The molecule has 0 aliphatic heterocycles. The molecule has 114 valence electrons. The van der Waals surface area contributed by atoms with Crippen LogP contribution in [0.15, 0.2) is 24.3 Å². The lowest BCUT2D eigenvalue weighted by molar-refractivity contribution is -0.0507. The largest absolute Gasteiger partial charge is 0.434 e. The van der Waals surface area contributed by atoms with Crippen molar-refractivity contribution in [1.82, 2.24) is 5.43 Å². The zero-order valence-corrected chi connectivity index (χ0v) is 11.9. The molecular weight excluding hydrogens is 262 g/mol. The summed E-state index contributed by atoms with van der Waals surface area (Å²) in [5.41, 5.74) is 3.38. The number of rotatable bonds is 10. The SMILES string of the molecule is CCCCCCCC(NN)c1ccccc1OC(F)F. The van der Waals surface area contributed by atoms with Crippen LogP contribution >= 0.6 is 0 Å². The molecule has 1 aromatic carbocycles. The van der Waals surface area contributed by atoms with Gasteiger partial charge in [-0.2, -0.15) is 8.78 Å². The third-order valence-corrected chi connectivity index (χ3v) is 3.31. The van der Waals surface area contributed by atoms with E-state index in [1.165, 1.54) is 19.3 Å². The minimum Gasteiger partial charge on any atom is -0.434 e. The Morgan fingerprint density at radius 3 is 2.50 bits per heavy atom. The molecular formula is C15H24F2N2O. The predicted molar refractivity (Wildman–Crippen MR) is 76.5 cm³/mol. The molecule has 1 atom stereocenters. The van der Waals surface area contributed by atoms with E-state index in [1.54, 1.807) is 24.3 Å². The topological polar surface area (TPSA) is 47.3 Å². The lowest BCUT2D eigenvalue weighted by atomic mass is 9.99. The fraction of sp³-hybridized carbons (Fsp3) is 0.600. The second kappa shape index (κ2) is 9.66. The van der Waals surface area contributed by atoms with Gasteiger partial charge in [-0.05, 0) is 12.5 Å². The number of alkyl halides is 2. The number of hydrogen-bond acceptors (Lipinski definition) is 3. The molecule has 1 unspecified atom stereocenters. The van der Waals surface area contributed by atoms with Gasteiger partial charge < -0.3 is 4.74 Å². The number of hydrazine groups is 1. The van der Waals surface area contributed by atoms with E-state index in [0.717, 1.165) is 19.3 Å². The van der Waals surface area contributed by atoms with Crippen molar-refractivity contribution in [2.75, 3.05) is 0 Å². The molecule has 1 rings (SSSR count). The summed E-state index contributed by atoms with van der Waals surface area (Å²) in [6, 6.07) is 6.63. The zero-order chi connectivity index (χ0) is 14.8. The highest BCUT2D eigenvalue weighted by molar-refractivity contribution is 5.35. The van der Waals surface area contributed by atoms with Crippen LogP contribution in [-0.4, -0.2) is 6.61 Å². The molecule has 1 aromatic rings. The number of benzene rings is 1. The second-order valence-electron chi connectivity index (χ2n) is 4.84. The van der Waals surface area contributed by atoms with Crippen LogP contribution in [0.5, 0.6) is 5.75 Å². The molecule has 0 aromatic heterocycles. The molecule has 0 amide bonds. The highest BCUT2D eigenvalue weighted by Crippen LogP contribution is 2.29. The number of ether oxygens (including phenoxy) is 1. The summed E-state index contributed by atoms with van der Waals surface area (Å²) in [5, 5.41) is 0. The third kappa shape index (κ3) is 5.84. The van der Waals surface area contributed by atoms with Gasteiger partial charge in [0.05, 0.1) is 0 Å². The van der Waals surface area contributed by atoms with Gasteiger partial charge in [0.15, 0.2) is 0 Å². The van der Waals surface area contributed by atoms with Crippen LogP contribution in [0.4, 0.5) is 8.78 Å². The molecule has 0 aliphatic rings. The Labute approximate surface area is 119 Å².